The van der Waals surface area contributed by atoms with E-state index in [1.165, 1.54) is 6.07 Å². The number of hydrogen-bond acceptors (Lipinski definition) is 5. The van der Waals surface area contributed by atoms with Crippen molar-refractivity contribution in [1.82, 2.24) is 10.2 Å². The molecule has 1 aliphatic heterocycles. The fourth-order valence-corrected chi connectivity index (χ4v) is 2.15. The second-order valence-electron chi connectivity index (χ2n) is 4.66. The van der Waals surface area contributed by atoms with Crippen molar-refractivity contribution < 1.29 is 19.1 Å². The highest BCUT2D eigenvalue weighted by Gasteiger charge is 2.37. The Hall–Kier alpha value is -2.41. The first-order valence-corrected chi connectivity index (χ1v) is 6.56. The van der Waals surface area contributed by atoms with E-state index < -0.39 is 11.8 Å². The number of nitrogen functional groups attached to an aromatic ring is 1. The summed E-state index contributed by atoms with van der Waals surface area (Å²) in [5.41, 5.74) is 6.38. The summed E-state index contributed by atoms with van der Waals surface area (Å²) in [6, 6.07) is 4.69. The van der Waals surface area contributed by atoms with Crippen LogP contribution in [0.5, 0.6) is 0 Å². The standard InChI is InChI=1S/C14H17N3O4/c1-21-7-3-6-16-11(18)8-17-13(19)9-4-2-5-10(15)12(9)14(17)20/h2,4-5H,3,6-8,15H2,1H3,(H,16,18). The van der Waals surface area contributed by atoms with E-state index in [-0.39, 0.29) is 29.3 Å². The van der Waals surface area contributed by atoms with Crippen LogP contribution in [0.15, 0.2) is 18.2 Å². The van der Waals surface area contributed by atoms with Gasteiger partial charge in [0.1, 0.15) is 6.54 Å². The highest BCUT2D eigenvalue weighted by molar-refractivity contribution is 6.24. The van der Waals surface area contributed by atoms with E-state index in [1.807, 2.05) is 0 Å². The molecule has 0 fully saturated rings. The van der Waals surface area contributed by atoms with Gasteiger partial charge < -0.3 is 15.8 Å². The van der Waals surface area contributed by atoms with Gasteiger partial charge in [0.05, 0.1) is 11.1 Å². The fraction of sp³-hybridized carbons (Fsp3) is 0.357. The fourth-order valence-electron chi connectivity index (χ4n) is 2.15. The van der Waals surface area contributed by atoms with Gasteiger partial charge in [-0.2, -0.15) is 0 Å². The van der Waals surface area contributed by atoms with Gasteiger partial charge in [-0.05, 0) is 18.6 Å². The van der Waals surface area contributed by atoms with Gasteiger partial charge in [0, 0.05) is 25.9 Å². The number of nitrogens with zero attached hydrogens (tertiary/aromatic N) is 1. The van der Waals surface area contributed by atoms with Gasteiger partial charge in [0.2, 0.25) is 5.91 Å². The molecule has 0 bridgehead atoms. The third-order valence-corrected chi connectivity index (χ3v) is 3.18. The number of ether oxygens (including phenoxy) is 1. The highest BCUT2D eigenvalue weighted by Crippen LogP contribution is 2.27. The van der Waals surface area contributed by atoms with Crippen molar-refractivity contribution in [2.24, 2.45) is 0 Å². The summed E-state index contributed by atoms with van der Waals surface area (Å²) in [4.78, 5) is 37.0. The minimum absolute atomic E-state index is 0.176. The summed E-state index contributed by atoms with van der Waals surface area (Å²) in [5.74, 6) is -1.41. The number of fused-ring (bicyclic) bond motifs is 1. The summed E-state index contributed by atoms with van der Waals surface area (Å²) in [6.45, 7) is 0.653. The molecule has 1 aromatic carbocycles. The second-order valence-corrected chi connectivity index (χ2v) is 4.66. The number of benzene rings is 1. The topological polar surface area (TPSA) is 102 Å². The Labute approximate surface area is 122 Å². The molecule has 0 unspecified atom stereocenters. The molecule has 21 heavy (non-hydrogen) atoms. The quantitative estimate of drug-likeness (QED) is 0.437. The molecule has 0 aliphatic carbocycles. The maximum Gasteiger partial charge on any atom is 0.264 e. The Morgan fingerprint density at radius 3 is 2.76 bits per heavy atom. The maximum atomic E-state index is 12.2. The van der Waals surface area contributed by atoms with Gasteiger partial charge in [-0.1, -0.05) is 6.07 Å². The van der Waals surface area contributed by atoms with E-state index in [0.717, 1.165) is 4.90 Å². The van der Waals surface area contributed by atoms with Crippen LogP contribution >= 0.6 is 0 Å². The van der Waals surface area contributed by atoms with Crippen LogP contribution in [0.2, 0.25) is 0 Å². The second kappa shape index (κ2) is 6.36. The molecule has 0 atom stereocenters. The average Bonchev–Trinajstić information content (AvgIpc) is 2.70. The number of hydrogen-bond donors (Lipinski definition) is 2. The molecule has 0 radical (unpaired) electrons. The molecule has 0 aromatic heterocycles. The zero-order valence-corrected chi connectivity index (χ0v) is 11.7. The number of carbonyl (C=O) groups is 3. The number of carbonyl (C=O) groups excluding carboxylic acids is 3. The highest BCUT2D eigenvalue weighted by atomic mass is 16.5. The van der Waals surface area contributed by atoms with Crippen molar-refractivity contribution in [3.8, 4) is 0 Å². The summed E-state index contributed by atoms with van der Waals surface area (Å²) >= 11 is 0. The summed E-state index contributed by atoms with van der Waals surface area (Å²) in [5, 5.41) is 2.63. The van der Waals surface area contributed by atoms with Gasteiger partial charge >= 0.3 is 0 Å². The third kappa shape index (κ3) is 3.03. The molecule has 3 N–H and O–H groups in total. The molecule has 0 spiro atoms. The number of rotatable bonds is 6. The van der Waals surface area contributed by atoms with Gasteiger partial charge in [0.25, 0.3) is 11.8 Å². The van der Waals surface area contributed by atoms with Crippen molar-refractivity contribution in [3.05, 3.63) is 29.3 Å². The monoisotopic (exact) mass is 291 g/mol. The molecule has 0 saturated carbocycles. The summed E-state index contributed by atoms with van der Waals surface area (Å²) < 4.78 is 4.86. The van der Waals surface area contributed by atoms with Gasteiger partial charge in [0.15, 0.2) is 0 Å². The Balaban J connectivity index is 2.00. The van der Waals surface area contributed by atoms with Gasteiger partial charge in [-0.25, -0.2) is 0 Å². The van der Waals surface area contributed by atoms with Crippen molar-refractivity contribution in [3.63, 3.8) is 0 Å². The Kier molecular flexibility index (Phi) is 4.54. The Bertz CT molecular complexity index is 586. The maximum absolute atomic E-state index is 12.2. The smallest absolute Gasteiger partial charge is 0.264 e. The molecular weight excluding hydrogens is 274 g/mol. The lowest BCUT2D eigenvalue weighted by Gasteiger charge is -2.13. The number of nitrogens with two attached hydrogens (primary N) is 1. The van der Waals surface area contributed by atoms with Crippen molar-refractivity contribution in [1.29, 1.82) is 0 Å². The van der Waals surface area contributed by atoms with Crippen LogP contribution in [-0.4, -0.2) is 49.4 Å². The first kappa shape index (κ1) is 15.0. The third-order valence-electron chi connectivity index (χ3n) is 3.18. The Morgan fingerprint density at radius 2 is 2.10 bits per heavy atom. The van der Waals surface area contributed by atoms with Gasteiger partial charge in [-0.3, -0.25) is 19.3 Å². The molecule has 2 rings (SSSR count). The van der Waals surface area contributed by atoms with E-state index in [0.29, 0.717) is 19.6 Å². The van der Waals surface area contributed by atoms with E-state index in [4.69, 9.17) is 10.5 Å². The van der Waals surface area contributed by atoms with Crippen LogP contribution in [0.25, 0.3) is 0 Å². The molecule has 1 aromatic rings. The Morgan fingerprint density at radius 1 is 1.33 bits per heavy atom. The van der Waals surface area contributed by atoms with Crippen molar-refractivity contribution in [2.75, 3.05) is 32.5 Å². The first-order chi connectivity index (χ1) is 10.1. The molecule has 7 heteroatoms. The summed E-state index contributed by atoms with van der Waals surface area (Å²) in [7, 11) is 1.57. The zero-order valence-electron chi connectivity index (χ0n) is 11.7. The van der Waals surface area contributed by atoms with Crippen molar-refractivity contribution >= 4 is 23.4 Å². The minimum Gasteiger partial charge on any atom is -0.398 e. The minimum atomic E-state index is -0.528. The van der Waals surface area contributed by atoms with E-state index >= 15 is 0 Å². The van der Waals surface area contributed by atoms with Crippen LogP contribution in [0, 0.1) is 0 Å². The molecule has 3 amide bonds. The first-order valence-electron chi connectivity index (χ1n) is 6.56. The van der Waals surface area contributed by atoms with Gasteiger partial charge in [-0.15, -0.1) is 0 Å². The van der Waals surface area contributed by atoms with E-state index in [9.17, 15) is 14.4 Å². The predicted molar refractivity (Wildman–Crippen MR) is 75.7 cm³/mol. The number of methoxy groups -OCH3 is 1. The average molecular weight is 291 g/mol. The molecule has 0 saturated heterocycles. The lowest BCUT2D eigenvalue weighted by molar-refractivity contribution is -0.121. The van der Waals surface area contributed by atoms with Crippen LogP contribution < -0.4 is 11.1 Å². The van der Waals surface area contributed by atoms with Crippen LogP contribution in [0.4, 0.5) is 5.69 Å². The number of amides is 3. The lowest BCUT2D eigenvalue weighted by Crippen LogP contribution is -2.40. The lowest BCUT2D eigenvalue weighted by atomic mass is 10.1. The normalized spacial score (nSPS) is 13.5. The van der Waals surface area contributed by atoms with Crippen LogP contribution in [-0.2, 0) is 9.53 Å². The predicted octanol–water partition coefficient (Wildman–Crippen LogP) is 0.0175. The number of anilines is 1. The van der Waals surface area contributed by atoms with Crippen LogP contribution in [0.1, 0.15) is 27.1 Å². The molecule has 7 nitrogen and oxygen atoms in total. The van der Waals surface area contributed by atoms with E-state index in [1.54, 1.807) is 19.2 Å². The SMILES string of the molecule is COCCCNC(=O)CN1C(=O)c2cccc(N)c2C1=O. The van der Waals surface area contributed by atoms with Crippen molar-refractivity contribution in [2.45, 2.75) is 6.42 Å². The molecule has 1 aliphatic rings. The van der Waals surface area contributed by atoms with Crippen LogP contribution in [0.3, 0.4) is 0 Å². The molecular formula is C14H17N3O4. The zero-order chi connectivity index (χ0) is 15.4. The summed E-state index contributed by atoms with van der Waals surface area (Å²) in [6.07, 6.45) is 0.664. The van der Waals surface area contributed by atoms with E-state index in [2.05, 4.69) is 5.32 Å². The number of nitrogens with one attached hydrogen (secondary N) is 1. The molecule has 1 heterocycles. The molecule has 112 valence electrons. The number of imide groups is 1. The largest absolute Gasteiger partial charge is 0.398 e.